The Labute approximate surface area is 166 Å². The van der Waals surface area contributed by atoms with Crippen LogP contribution < -0.4 is 4.74 Å². The van der Waals surface area contributed by atoms with Gasteiger partial charge in [-0.1, -0.05) is 42.5 Å². The van der Waals surface area contributed by atoms with Gasteiger partial charge in [-0.25, -0.2) is 0 Å². The number of ether oxygens (including phenoxy) is 2. The monoisotopic (exact) mass is 383 g/mol. The predicted octanol–water partition coefficient (Wildman–Crippen LogP) is 3.79. The molecular formula is C23H29NO4. The molecule has 1 N–H and O–H groups in total. The minimum Gasteiger partial charge on any atom is -0.504 e. The molecule has 0 spiro atoms. The zero-order valence-electron chi connectivity index (χ0n) is 16.7. The molecular weight excluding hydrogens is 354 g/mol. The van der Waals surface area contributed by atoms with Crippen molar-refractivity contribution in [3.63, 3.8) is 0 Å². The Morgan fingerprint density at radius 3 is 2.68 bits per heavy atom. The fraction of sp³-hybridized carbons (Fsp3) is 0.435. The van der Waals surface area contributed by atoms with E-state index in [9.17, 15) is 9.90 Å². The Bertz CT molecular complexity index is 792. The summed E-state index contributed by atoms with van der Waals surface area (Å²) < 4.78 is 10.7. The lowest BCUT2D eigenvalue weighted by Gasteiger charge is -2.41. The molecule has 1 atom stereocenters. The van der Waals surface area contributed by atoms with Crippen LogP contribution in [0.4, 0.5) is 0 Å². The van der Waals surface area contributed by atoms with Crippen molar-refractivity contribution in [2.24, 2.45) is 5.41 Å². The smallest absolute Gasteiger partial charge is 0.313 e. The van der Waals surface area contributed by atoms with Crippen molar-refractivity contribution in [3.8, 4) is 11.5 Å². The van der Waals surface area contributed by atoms with Crippen molar-refractivity contribution < 1.29 is 19.4 Å². The molecule has 28 heavy (non-hydrogen) atoms. The van der Waals surface area contributed by atoms with Gasteiger partial charge in [0.2, 0.25) is 0 Å². The highest BCUT2D eigenvalue weighted by atomic mass is 16.5. The number of likely N-dealkylation sites (tertiary alicyclic amines) is 1. The summed E-state index contributed by atoms with van der Waals surface area (Å²) in [5.41, 5.74) is 1.38. The number of piperidine rings is 1. The highest BCUT2D eigenvalue weighted by Crippen LogP contribution is 2.37. The van der Waals surface area contributed by atoms with Crippen molar-refractivity contribution in [2.45, 2.75) is 32.7 Å². The molecule has 0 bridgehead atoms. The maximum Gasteiger partial charge on any atom is 0.313 e. The zero-order chi connectivity index (χ0) is 20.0. The number of benzene rings is 2. The third-order valence-electron chi connectivity index (χ3n) is 5.45. The zero-order valence-corrected chi connectivity index (χ0v) is 16.7. The Hall–Kier alpha value is -2.53. The number of hydrogen-bond donors (Lipinski definition) is 1. The first-order valence-electron chi connectivity index (χ1n) is 9.86. The number of carbonyl (C=O) groups excluding carboxylic acids is 1. The molecule has 2 aromatic carbocycles. The lowest BCUT2D eigenvalue weighted by molar-refractivity contribution is -0.159. The molecule has 1 unspecified atom stereocenters. The molecule has 0 aliphatic carbocycles. The lowest BCUT2D eigenvalue weighted by Crippen LogP contribution is -2.49. The summed E-state index contributed by atoms with van der Waals surface area (Å²) in [5, 5.41) is 10.4. The van der Waals surface area contributed by atoms with E-state index in [1.54, 1.807) is 13.2 Å². The number of phenolic OH excluding ortho intramolecular Hbond substituents is 1. The molecule has 0 amide bonds. The SMILES string of the molecule is CCOC(=O)C1(Cc2ccccc2)CCCN(Cc2cccc(OC)c2O)C1. The van der Waals surface area contributed by atoms with Crippen LogP contribution in [0.2, 0.25) is 0 Å². The molecule has 1 saturated heterocycles. The average molecular weight is 383 g/mol. The van der Waals surface area contributed by atoms with Gasteiger partial charge >= 0.3 is 5.97 Å². The summed E-state index contributed by atoms with van der Waals surface area (Å²) in [7, 11) is 1.55. The van der Waals surface area contributed by atoms with Crippen LogP contribution in [0.1, 0.15) is 30.9 Å². The van der Waals surface area contributed by atoms with Crippen LogP contribution in [0.15, 0.2) is 48.5 Å². The number of nitrogens with zero attached hydrogens (tertiary/aromatic N) is 1. The molecule has 1 aliphatic heterocycles. The van der Waals surface area contributed by atoms with Crippen LogP contribution in [-0.4, -0.2) is 42.8 Å². The summed E-state index contributed by atoms with van der Waals surface area (Å²) in [4.78, 5) is 15.2. The normalized spacial score (nSPS) is 19.9. The molecule has 5 heteroatoms. The largest absolute Gasteiger partial charge is 0.504 e. The van der Waals surface area contributed by atoms with Crippen LogP contribution in [0.5, 0.6) is 11.5 Å². The van der Waals surface area contributed by atoms with Gasteiger partial charge in [-0.2, -0.15) is 0 Å². The topological polar surface area (TPSA) is 59.0 Å². The summed E-state index contributed by atoms with van der Waals surface area (Å²) in [6.45, 7) is 4.29. The molecule has 0 aromatic heterocycles. The minimum atomic E-state index is -0.565. The molecule has 1 heterocycles. The molecule has 5 nitrogen and oxygen atoms in total. The molecule has 1 fully saturated rings. The van der Waals surface area contributed by atoms with E-state index >= 15 is 0 Å². The van der Waals surface area contributed by atoms with E-state index in [0.29, 0.717) is 31.9 Å². The van der Waals surface area contributed by atoms with E-state index in [4.69, 9.17) is 9.47 Å². The van der Waals surface area contributed by atoms with Crippen molar-refractivity contribution in [1.29, 1.82) is 0 Å². The number of esters is 1. The van der Waals surface area contributed by atoms with Crippen molar-refractivity contribution in [2.75, 3.05) is 26.8 Å². The Balaban J connectivity index is 1.82. The average Bonchev–Trinajstić information content (AvgIpc) is 2.71. The molecule has 150 valence electrons. The molecule has 2 aromatic rings. The Morgan fingerprint density at radius 2 is 1.96 bits per heavy atom. The standard InChI is InChI=1S/C23H29NO4/c1-3-28-22(26)23(15-18-9-5-4-6-10-18)13-8-14-24(17-23)16-19-11-7-12-20(27-2)21(19)25/h4-7,9-12,25H,3,8,13-17H2,1-2H3. The van der Waals surface area contributed by atoms with Gasteiger partial charge in [0.15, 0.2) is 11.5 Å². The highest BCUT2D eigenvalue weighted by Gasteiger charge is 2.43. The third-order valence-corrected chi connectivity index (χ3v) is 5.45. The van der Waals surface area contributed by atoms with Crippen LogP contribution in [0, 0.1) is 5.41 Å². The van der Waals surface area contributed by atoms with Gasteiger partial charge < -0.3 is 14.6 Å². The summed E-state index contributed by atoms with van der Waals surface area (Å²) in [5.74, 6) is 0.509. The van der Waals surface area contributed by atoms with E-state index in [1.165, 1.54) is 0 Å². The van der Waals surface area contributed by atoms with Gasteiger partial charge in [-0.05, 0) is 44.4 Å². The predicted molar refractivity (Wildman–Crippen MR) is 108 cm³/mol. The van der Waals surface area contributed by atoms with E-state index < -0.39 is 5.41 Å². The number of para-hydroxylation sites is 1. The Kier molecular flexibility index (Phi) is 6.57. The maximum atomic E-state index is 13.0. The number of hydrogen-bond acceptors (Lipinski definition) is 5. The molecule has 0 radical (unpaired) electrons. The first kappa shape index (κ1) is 20.2. The number of carbonyl (C=O) groups is 1. The Morgan fingerprint density at radius 1 is 1.18 bits per heavy atom. The van der Waals surface area contributed by atoms with Crippen molar-refractivity contribution in [1.82, 2.24) is 4.90 Å². The molecule has 1 aliphatic rings. The van der Waals surface area contributed by atoms with Gasteiger partial charge in [0.25, 0.3) is 0 Å². The molecule has 3 rings (SSSR count). The van der Waals surface area contributed by atoms with Crippen molar-refractivity contribution in [3.05, 3.63) is 59.7 Å². The van der Waals surface area contributed by atoms with E-state index in [2.05, 4.69) is 17.0 Å². The lowest BCUT2D eigenvalue weighted by atomic mass is 9.75. The summed E-state index contributed by atoms with van der Waals surface area (Å²) in [6.07, 6.45) is 2.38. The quantitative estimate of drug-likeness (QED) is 0.737. The van der Waals surface area contributed by atoms with Gasteiger partial charge in [0.1, 0.15) is 0 Å². The van der Waals surface area contributed by atoms with Gasteiger partial charge in [0.05, 0.1) is 19.1 Å². The van der Waals surface area contributed by atoms with Gasteiger partial charge in [-0.15, -0.1) is 0 Å². The van der Waals surface area contributed by atoms with E-state index in [-0.39, 0.29) is 11.7 Å². The maximum absolute atomic E-state index is 13.0. The van der Waals surface area contributed by atoms with Gasteiger partial charge in [-0.3, -0.25) is 9.69 Å². The number of methoxy groups -OCH3 is 1. The van der Waals surface area contributed by atoms with Crippen LogP contribution >= 0.6 is 0 Å². The first-order chi connectivity index (χ1) is 13.6. The van der Waals surface area contributed by atoms with Crippen LogP contribution in [0.3, 0.4) is 0 Å². The second-order valence-electron chi connectivity index (χ2n) is 7.45. The fourth-order valence-electron chi connectivity index (χ4n) is 4.12. The fourth-order valence-corrected chi connectivity index (χ4v) is 4.12. The summed E-state index contributed by atoms with van der Waals surface area (Å²) in [6, 6.07) is 15.6. The second kappa shape index (κ2) is 9.11. The highest BCUT2D eigenvalue weighted by molar-refractivity contribution is 5.77. The number of phenols is 1. The van der Waals surface area contributed by atoms with Crippen LogP contribution in [0.25, 0.3) is 0 Å². The number of aromatic hydroxyl groups is 1. The first-order valence-corrected chi connectivity index (χ1v) is 9.86. The summed E-state index contributed by atoms with van der Waals surface area (Å²) >= 11 is 0. The minimum absolute atomic E-state index is 0.126. The van der Waals surface area contributed by atoms with E-state index in [1.807, 2.05) is 37.3 Å². The number of rotatable bonds is 7. The molecule has 0 saturated carbocycles. The van der Waals surface area contributed by atoms with Crippen LogP contribution in [-0.2, 0) is 22.5 Å². The van der Waals surface area contributed by atoms with Gasteiger partial charge in [0, 0.05) is 18.7 Å². The third kappa shape index (κ3) is 4.47. The second-order valence-corrected chi connectivity index (χ2v) is 7.45. The van der Waals surface area contributed by atoms with E-state index in [0.717, 1.165) is 30.5 Å². The van der Waals surface area contributed by atoms with Crippen molar-refractivity contribution >= 4 is 5.97 Å².